The number of carbonyl (C=O) groups is 1. The van der Waals surface area contributed by atoms with Crippen molar-refractivity contribution in [2.24, 2.45) is 5.92 Å². The highest BCUT2D eigenvalue weighted by Gasteiger charge is 2.44. The number of carbonyl (C=O) groups excluding carboxylic acids is 1. The van der Waals surface area contributed by atoms with Gasteiger partial charge in [-0.3, -0.25) is 4.79 Å². The zero-order valence-electron chi connectivity index (χ0n) is 12.2. The molecule has 3 nitrogen and oxygen atoms in total. The maximum absolute atomic E-state index is 12.1. The average molecular weight is 273 g/mol. The third-order valence-corrected chi connectivity index (χ3v) is 4.29. The van der Waals surface area contributed by atoms with Crippen LogP contribution in [0.25, 0.3) is 0 Å². The Bertz CT molecular complexity index is 493. The lowest BCUT2D eigenvalue weighted by Gasteiger charge is -2.40. The molecule has 0 aromatic heterocycles. The van der Waals surface area contributed by atoms with Crippen LogP contribution in [0.3, 0.4) is 0 Å². The average Bonchev–Trinajstić information content (AvgIpc) is 2.41. The Morgan fingerprint density at radius 2 is 2.10 bits per heavy atom. The molecule has 0 spiro atoms. The van der Waals surface area contributed by atoms with E-state index in [0.29, 0.717) is 13.0 Å². The number of allylic oxidation sites excluding steroid dienone is 1. The van der Waals surface area contributed by atoms with Crippen LogP contribution in [0.1, 0.15) is 32.3 Å². The van der Waals surface area contributed by atoms with Crippen molar-refractivity contribution in [1.82, 2.24) is 5.32 Å². The fourth-order valence-corrected chi connectivity index (χ4v) is 2.72. The summed E-state index contributed by atoms with van der Waals surface area (Å²) in [6.45, 7) is 8.17. The van der Waals surface area contributed by atoms with Gasteiger partial charge in [-0.15, -0.1) is 0 Å². The van der Waals surface area contributed by atoms with Crippen molar-refractivity contribution < 1.29 is 9.90 Å². The van der Waals surface area contributed by atoms with E-state index in [2.05, 4.69) is 11.9 Å². The summed E-state index contributed by atoms with van der Waals surface area (Å²) in [7, 11) is 0. The first-order chi connectivity index (χ1) is 9.41. The van der Waals surface area contributed by atoms with Gasteiger partial charge in [0.05, 0.1) is 0 Å². The molecule has 0 saturated heterocycles. The first kappa shape index (κ1) is 14.9. The molecule has 1 fully saturated rings. The van der Waals surface area contributed by atoms with Crippen LogP contribution in [0.2, 0.25) is 0 Å². The summed E-state index contributed by atoms with van der Waals surface area (Å²) in [4.78, 5) is 12.1. The quantitative estimate of drug-likeness (QED) is 0.828. The maximum atomic E-state index is 12.1. The Labute approximate surface area is 120 Å². The van der Waals surface area contributed by atoms with E-state index in [1.165, 1.54) is 0 Å². The van der Waals surface area contributed by atoms with E-state index in [0.717, 1.165) is 17.6 Å². The van der Waals surface area contributed by atoms with Gasteiger partial charge in [0.25, 0.3) is 0 Å². The van der Waals surface area contributed by atoms with Crippen LogP contribution in [0.4, 0.5) is 0 Å². The zero-order chi connectivity index (χ0) is 14.8. The molecule has 3 heteroatoms. The number of hydrogen-bond acceptors (Lipinski definition) is 3. The second-order valence-corrected chi connectivity index (χ2v) is 5.97. The van der Waals surface area contributed by atoms with Gasteiger partial charge in [-0.05, 0) is 31.7 Å². The van der Waals surface area contributed by atoms with Crippen LogP contribution in [-0.2, 0) is 11.3 Å². The molecule has 2 N–H and O–H groups in total. The smallest absolute Gasteiger partial charge is 0.166 e. The third kappa shape index (κ3) is 3.17. The molecule has 1 aliphatic rings. The van der Waals surface area contributed by atoms with Crippen molar-refractivity contribution in [3.63, 3.8) is 0 Å². The molecule has 1 aromatic carbocycles. The largest absolute Gasteiger partial charge is 0.381 e. The van der Waals surface area contributed by atoms with Crippen LogP contribution in [0, 0.1) is 5.92 Å². The van der Waals surface area contributed by atoms with Crippen molar-refractivity contribution in [3.05, 3.63) is 48.0 Å². The minimum absolute atomic E-state index is 0.0951. The van der Waals surface area contributed by atoms with Gasteiger partial charge in [-0.2, -0.15) is 0 Å². The Morgan fingerprint density at radius 3 is 2.70 bits per heavy atom. The van der Waals surface area contributed by atoms with Crippen LogP contribution < -0.4 is 5.32 Å². The lowest BCUT2D eigenvalue weighted by molar-refractivity contribution is -0.143. The number of aliphatic hydroxyl groups is 1. The number of rotatable bonds is 4. The molecule has 1 aliphatic carbocycles. The van der Waals surface area contributed by atoms with Crippen molar-refractivity contribution in [1.29, 1.82) is 0 Å². The number of nitrogens with one attached hydrogen (secondary N) is 1. The first-order valence-corrected chi connectivity index (χ1v) is 7.09. The molecule has 3 unspecified atom stereocenters. The summed E-state index contributed by atoms with van der Waals surface area (Å²) in [5.41, 5.74) is 0.870. The highest BCUT2D eigenvalue weighted by Crippen LogP contribution is 2.33. The highest BCUT2D eigenvalue weighted by molar-refractivity contribution is 5.88. The van der Waals surface area contributed by atoms with Crippen LogP contribution in [-0.4, -0.2) is 22.5 Å². The summed E-state index contributed by atoms with van der Waals surface area (Å²) in [5.74, 6) is 0.0679. The molecule has 1 saturated carbocycles. The number of ketones is 1. The number of benzene rings is 1. The molecule has 0 aliphatic heterocycles. The van der Waals surface area contributed by atoms with Crippen LogP contribution >= 0.6 is 0 Å². The Hall–Kier alpha value is -1.45. The first-order valence-electron chi connectivity index (χ1n) is 7.09. The summed E-state index contributed by atoms with van der Waals surface area (Å²) in [6, 6.07) is 9.77. The lowest BCUT2D eigenvalue weighted by Crippen LogP contribution is -2.58. The molecular formula is C17H23NO2. The van der Waals surface area contributed by atoms with Gasteiger partial charge in [-0.25, -0.2) is 0 Å². The van der Waals surface area contributed by atoms with E-state index in [9.17, 15) is 9.90 Å². The van der Waals surface area contributed by atoms with Gasteiger partial charge in [-0.1, -0.05) is 42.5 Å². The molecule has 1 aromatic rings. The van der Waals surface area contributed by atoms with Crippen molar-refractivity contribution in [2.45, 2.75) is 44.9 Å². The number of hydrogen-bond donors (Lipinski definition) is 2. The van der Waals surface area contributed by atoms with Gasteiger partial charge >= 0.3 is 0 Å². The van der Waals surface area contributed by atoms with Gasteiger partial charge in [0, 0.05) is 19.0 Å². The van der Waals surface area contributed by atoms with Gasteiger partial charge in [0.1, 0.15) is 5.60 Å². The summed E-state index contributed by atoms with van der Waals surface area (Å²) in [5, 5.41) is 13.8. The van der Waals surface area contributed by atoms with E-state index in [1.807, 2.05) is 37.3 Å². The van der Waals surface area contributed by atoms with E-state index in [1.54, 1.807) is 6.92 Å². The monoisotopic (exact) mass is 273 g/mol. The SMILES string of the molecule is C=C(C)C1CC(=O)C(C)(O)C(NCc2ccccc2)C1. The maximum Gasteiger partial charge on any atom is 0.166 e. The minimum Gasteiger partial charge on any atom is -0.381 e. The predicted molar refractivity (Wildman–Crippen MR) is 80.2 cm³/mol. The third-order valence-electron chi connectivity index (χ3n) is 4.29. The van der Waals surface area contributed by atoms with Gasteiger partial charge in [0.15, 0.2) is 5.78 Å². The summed E-state index contributed by atoms with van der Waals surface area (Å²) < 4.78 is 0. The van der Waals surface area contributed by atoms with Gasteiger partial charge < -0.3 is 10.4 Å². The van der Waals surface area contributed by atoms with Crippen molar-refractivity contribution in [2.75, 3.05) is 0 Å². The topological polar surface area (TPSA) is 49.3 Å². The number of Topliss-reactive ketones (excluding diaryl/α,β-unsaturated/α-hetero) is 1. The molecule has 0 radical (unpaired) electrons. The minimum atomic E-state index is -1.29. The fourth-order valence-electron chi connectivity index (χ4n) is 2.72. The molecule has 0 heterocycles. The summed E-state index contributed by atoms with van der Waals surface area (Å²) >= 11 is 0. The zero-order valence-corrected chi connectivity index (χ0v) is 12.2. The van der Waals surface area contributed by atoms with Crippen LogP contribution in [0.5, 0.6) is 0 Å². The van der Waals surface area contributed by atoms with E-state index < -0.39 is 5.60 Å². The lowest BCUT2D eigenvalue weighted by atomic mass is 9.73. The second-order valence-electron chi connectivity index (χ2n) is 5.97. The Morgan fingerprint density at radius 1 is 1.45 bits per heavy atom. The highest BCUT2D eigenvalue weighted by atomic mass is 16.3. The van der Waals surface area contributed by atoms with Crippen molar-refractivity contribution in [3.8, 4) is 0 Å². The Kier molecular flexibility index (Phi) is 4.41. The van der Waals surface area contributed by atoms with E-state index >= 15 is 0 Å². The standard InChI is InChI=1S/C17H23NO2/c1-12(2)14-9-15(17(3,20)16(19)10-14)18-11-13-7-5-4-6-8-13/h4-8,14-15,18,20H,1,9-11H2,2-3H3. The molecule has 0 bridgehead atoms. The van der Waals surface area contributed by atoms with Crippen molar-refractivity contribution >= 4 is 5.78 Å². The summed E-state index contributed by atoms with van der Waals surface area (Å²) in [6.07, 6.45) is 1.15. The molecule has 0 amide bonds. The molecule has 3 atom stereocenters. The molecule has 108 valence electrons. The van der Waals surface area contributed by atoms with E-state index in [-0.39, 0.29) is 17.7 Å². The fraction of sp³-hybridized carbons (Fsp3) is 0.471. The van der Waals surface area contributed by atoms with Crippen LogP contribution in [0.15, 0.2) is 42.5 Å². The van der Waals surface area contributed by atoms with E-state index in [4.69, 9.17) is 0 Å². The predicted octanol–water partition coefficient (Wildman–Crippen LogP) is 2.45. The normalized spacial score (nSPS) is 30.2. The Balaban J connectivity index is 2.07. The molecular weight excluding hydrogens is 250 g/mol. The molecule has 2 rings (SSSR count). The second kappa shape index (κ2) is 5.90. The molecule has 20 heavy (non-hydrogen) atoms. The van der Waals surface area contributed by atoms with Gasteiger partial charge in [0.2, 0.25) is 0 Å².